The lowest BCUT2D eigenvalue weighted by Crippen LogP contribution is -2.53. The summed E-state index contributed by atoms with van der Waals surface area (Å²) in [5.41, 5.74) is 6.00. The van der Waals surface area contributed by atoms with E-state index in [0.29, 0.717) is 12.1 Å². The Morgan fingerprint density at radius 3 is 2.59 bits per heavy atom. The summed E-state index contributed by atoms with van der Waals surface area (Å²) in [7, 11) is -3.50. The Morgan fingerprint density at radius 2 is 2.00 bits per heavy atom. The van der Waals surface area contributed by atoms with E-state index in [2.05, 4.69) is 21.2 Å². The van der Waals surface area contributed by atoms with Gasteiger partial charge in [-0.15, -0.1) is 0 Å². The van der Waals surface area contributed by atoms with Gasteiger partial charge in [-0.1, -0.05) is 40.9 Å². The number of carbonyl (C=O) groups excluding carboxylic acids is 1. The number of nitrogens with two attached hydrogens (primary N) is 1. The summed E-state index contributed by atoms with van der Waals surface area (Å²) < 4.78 is 25.2. The van der Waals surface area contributed by atoms with Gasteiger partial charge in [-0.05, 0) is 30.5 Å². The molecular formula is C15H21BrN2O3S. The summed E-state index contributed by atoms with van der Waals surface area (Å²) in [4.78, 5) is 12.1. The van der Waals surface area contributed by atoms with Crippen molar-refractivity contribution in [2.45, 2.75) is 37.0 Å². The van der Waals surface area contributed by atoms with Crippen LogP contribution in [0.4, 0.5) is 0 Å². The van der Waals surface area contributed by atoms with E-state index in [9.17, 15) is 13.2 Å². The van der Waals surface area contributed by atoms with E-state index in [1.165, 1.54) is 0 Å². The van der Waals surface area contributed by atoms with Gasteiger partial charge in [-0.2, -0.15) is 0 Å². The van der Waals surface area contributed by atoms with Gasteiger partial charge in [-0.3, -0.25) is 4.79 Å². The molecule has 1 aliphatic rings. The van der Waals surface area contributed by atoms with Crippen LogP contribution in [-0.4, -0.2) is 32.2 Å². The average Bonchev–Trinajstić information content (AvgIpc) is 2.86. The van der Waals surface area contributed by atoms with Crippen LogP contribution in [-0.2, 0) is 20.4 Å². The largest absolute Gasteiger partial charge is 0.349 e. The Bertz CT molecular complexity index is 640. The molecule has 7 heteroatoms. The van der Waals surface area contributed by atoms with Gasteiger partial charge in [0.1, 0.15) is 5.75 Å². The highest BCUT2D eigenvalue weighted by molar-refractivity contribution is 9.10. The van der Waals surface area contributed by atoms with E-state index >= 15 is 0 Å². The maximum Gasteiger partial charge on any atom is 0.235 e. The Labute approximate surface area is 139 Å². The molecular weight excluding hydrogens is 368 g/mol. The molecule has 1 amide bonds. The SMILES string of the molecule is NCC1(NC(=O)CS(=O)(=O)Cc2cccc(Br)c2)CCCC1. The molecule has 5 nitrogen and oxygen atoms in total. The first-order valence-corrected chi connectivity index (χ1v) is 9.92. The first kappa shape index (κ1) is 17.4. The van der Waals surface area contributed by atoms with Crippen molar-refractivity contribution in [3.8, 4) is 0 Å². The lowest BCUT2D eigenvalue weighted by Gasteiger charge is -2.28. The van der Waals surface area contributed by atoms with Gasteiger partial charge < -0.3 is 11.1 Å². The van der Waals surface area contributed by atoms with E-state index in [0.717, 1.165) is 30.2 Å². The fourth-order valence-electron chi connectivity index (χ4n) is 2.90. The molecule has 0 saturated heterocycles. The molecule has 0 aromatic heterocycles. The van der Waals surface area contributed by atoms with Crippen molar-refractivity contribution in [1.29, 1.82) is 0 Å². The first-order valence-electron chi connectivity index (χ1n) is 7.30. The maximum absolute atomic E-state index is 12.2. The van der Waals surface area contributed by atoms with Gasteiger partial charge >= 0.3 is 0 Å². The second kappa shape index (κ2) is 7.10. The van der Waals surface area contributed by atoms with Crippen molar-refractivity contribution in [2.75, 3.05) is 12.3 Å². The average molecular weight is 389 g/mol. The number of halogens is 1. The van der Waals surface area contributed by atoms with Gasteiger partial charge in [0, 0.05) is 11.0 Å². The number of hydrogen-bond donors (Lipinski definition) is 2. The quantitative estimate of drug-likeness (QED) is 0.776. The first-order chi connectivity index (χ1) is 10.3. The van der Waals surface area contributed by atoms with E-state index in [1.807, 2.05) is 6.07 Å². The highest BCUT2D eigenvalue weighted by Crippen LogP contribution is 2.28. The fourth-order valence-corrected chi connectivity index (χ4v) is 4.60. The topological polar surface area (TPSA) is 89.3 Å². The molecule has 0 unspecified atom stereocenters. The van der Waals surface area contributed by atoms with E-state index < -0.39 is 27.0 Å². The molecule has 22 heavy (non-hydrogen) atoms. The van der Waals surface area contributed by atoms with Gasteiger partial charge in [0.25, 0.3) is 0 Å². The van der Waals surface area contributed by atoms with Crippen LogP contribution in [0.25, 0.3) is 0 Å². The number of benzene rings is 1. The van der Waals surface area contributed by atoms with Crippen molar-refractivity contribution in [2.24, 2.45) is 5.73 Å². The van der Waals surface area contributed by atoms with Crippen LogP contribution in [0.3, 0.4) is 0 Å². The normalized spacial score (nSPS) is 17.4. The smallest absolute Gasteiger partial charge is 0.235 e. The Kier molecular flexibility index (Phi) is 5.63. The van der Waals surface area contributed by atoms with Gasteiger partial charge in [0.05, 0.1) is 11.3 Å². The molecule has 0 heterocycles. The molecule has 1 fully saturated rings. The number of sulfone groups is 1. The van der Waals surface area contributed by atoms with Crippen molar-refractivity contribution in [1.82, 2.24) is 5.32 Å². The summed E-state index contributed by atoms with van der Waals surface area (Å²) in [5.74, 6) is -1.10. The summed E-state index contributed by atoms with van der Waals surface area (Å²) in [6, 6.07) is 7.08. The molecule has 0 atom stereocenters. The third-order valence-electron chi connectivity index (χ3n) is 3.98. The van der Waals surface area contributed by atoms with Crippen LogP contribution < -0.4 is 11.1 Å². The molecule has 1 aromatic carbocycles. The molecule has 0 spiro atoms. The minimum absolute atomic E-state index is 0.143. The molecule has 122 valence electrons. The van der Waals surface area contributed by atoms with Crippen LogP contribution in [0.5, 0.6) is 0 Å². The Hall–Kier alpha value is -0.920. The van der Waals surface area contributed by atoms with Crippen LogP contribution in [0, 0.1) is 0 Å². The molecule has 1 aromatic rings. The predicted molar refractivity (Wildman–Crippen MR) is 90.0 cm³/mol. The van der Waals surface area contributed by atoms with E-state index in [-0.39, 0.29) is 5.75 Å². The molecule has 0 radical (unpaired) electrons. The Morgan fingerprint density at radius 1 is 1.32 bits per heavy atom. The minimum Gasteiger partial charge on any atom is -0.349 e. The van der Waals surface area contributed by atoms with Crippen LogP contribution in [0.15, 0.2) is 28.7 Å². The number of amides is 1. The second-order valence-electron chi connectivity index (χ2n) is 5.90. The molecule has 2 rings (SSSR count). The van der Waals surface area contributed by atoms with Crippen molar-refractivity contribution in [3.63, 3.8) is 0 Å². The third-order valence-corrected chi connectivity index (χ3v) is 5.95. The molecule has 1 aliphatic carbocycles. The summed E-state index contributed by atoms with van der Waals surface area (Å²) in [6.07, 6.45) is 3.67. The number of rotatable bonds is 6. The highest BCUT2D eigenvalue weighted by atomic mass is 79.9. The standard InChI is InChI=1S/C15H21BrN2O3S/c16-13-5-3-4-12(8-13)9-22(20,21)10-14(19)18-15(11-17)6-1-2-7-15/h3-5,8H,1-2,6-7,9-11,17H2,(H,18,19). The highest BCUT2D eigenvalue weighted by Gasteiger charge is 2.34. The summed E-state index contributed by atoms with van der Waals surface area (Å²) >= 11 is 3.31. The van der Waals surface area contributed by atoms with E-state index in [1.54, 1.807) is 18.2 Å². The number of carbonyl (C=O) groups is 1. The van der Waals surface area contributed by atoms with Crippen molar-refractivity contribution in [3.05, 3.63) is 34.3 Å². The predicted octanol–water partition coefficient (Wildman–Crippen LogP) is 1.75. The molecule has 3 N–H and O–H groups in total. The molecule has 0 aliphatic heterocycles. The van der Waals surface area contributed by atoms with Crippen LogP contribution >= 0.6 is 15.9 Å². The Balaban J connectivity index is 1.97. The zero-order valence-electron chi connectivity index (χ0n) is 12.3. The van der Waals surface area contributed by atoms with Crippen molar-refractivity contribution < 1.29 is 13.2 Å². The summed E-state index contributed by atoms with van der Waals surface area (Å²) in [6.45, 7) is 0.352. The van der Waals surface area contributed by atoms with Crippen molar-refractivity contribution >= 4 is 31.7 Å². The zero-order chi connectivity index (χ0) is 16.2. The minimum atomic E-state index is -3.50. The van der Waals surface area contributed by atoms with Crippen LogP contribution in [0.2, 0.25) is 0 Å². The maximum atomic E-state index is 12.2. The monoisotopic (exact) mass is 388 g/mol. The lowest BCUT2D eigenvalue weighted by molar-refractivity contribution is -0.120. The lowest BCUT2D eigenvalue weighted by atomic mass is 9.98. The molecule has 0 bridgehead atoms. The second-order valence-corrected chi connectivity index (χ2v) is 8.88. The van der Waals surface area contributed by atoms with Gasteiger partial charge in [-0.25, -0.2) is 8.42 Å². The fraction of sp³-hybridized carbons (Fsp3) is 0.533. The van der Waals surface area contributed by atoms with Gasteiger partial charge in [0.2, 0.25) is 5.91 Å². The zero-order valence-corrected chi connectivity index (χ0v) is 14.7. The van der Waals surface area contributed by atoms with E-state index in [4.69, 9.17) is 5.73 Å². The molecule has 1 saturated carbocycles. The summed E-state index contributed by atoms with van der Waals surface area (Å²) in [5, 5.41) is 2.84. The number of nitrogens with one attached hydrogen (secondary N) is 1. The van der Waals surface area contributed by atoms with Crippen LogP contribution in [0.1, 0.15) is 31.2 Å². The third kappa shape index (κ3) is 4.79. The number of hydrogen-bond acceptors (Lipinski definition) is 4. The van der Waals surface area contributed by atoms with Gasteiger partial charge in [0.15, 0.2) is 9.84 Å².